The second kappa shape index (κ2) is 5.48. The largest absolute Gasteiger partial charge is 0.399 e. The number of anilines is 1. The fraction of sp³-hybridized carbons (Fsp3) is 0.0714. The van der Waals surface area contributed by atoms with Crippen LogP contribution in [0.2, 0.25) is 0 Å². The molecule has 2 aromatic carbocycles. The van der Waals surface area contributed by atoms with Gasteiger partial charge in [0.05, 0.1) is 0 Å². The number of nitrogen functional groups attached to an aromatic ring is 1. The maximum Gasteiger partial charge on any atom is 0.168 e. The second-order valence-corrected chi connectivity index (χ2v) is 5.13. The molecule has 0 radical (unpaired) electrons. The molecule has 0 bridgehead atoms. The van der Waals surface area contributed by atoms with Crippen molar-refractivity contribution in [2.45, 2.75) is 6.42 Å². The average molecular weight is 355 g/mol. The van der Waals surface area contributed by atoms with Crippen LogP contribution in [-0.4, -0.2) is 5.78 Å². The van der Waals surface area contributed by atoms with Crippen LogP contribution in [0, 0.1) is 9.39 Å². The van der Waals surface area contributed by atoms with Crippen LogP contribution in [0.5, 0.6) is 0 Å². The highest BCUT2D eigenvalue weighted by molar-refractivity contribution is 14.1. The molecule has 4 heteroatoms. The third-order valence-electron chi connectivity index (χ3n) is 2.57. The lowest BCUT2D eigenvalue weighted by Gasteiger charge is -2.05. The van der Waals surface area contributed by atoms with E-state index in [2.05, 4.69) is 22.6 Å². The maximum atomic E-state index is 12.8. The van der Waals surface area contributed by atoms with Crippen molar-refractivity contribution in [3.8, 4) is 0 Å². The summed E-state index contributed by atoms with van der Waals surface area (Å²) in [6, 6.07) is 11.2. The highest BCUT2D eigenvalue weighted by Crippen LogP contribution is 2.18. The van der Waals surface area contributed by atoms with Gasteiger partial charge in [0, 0.05) is 21.2 Å². The number of nitrogens with two attached hydrogens (primary N) is 1. The van der Waals surface area contributed by atoms with Crippen molar-refractivity contribution in [3.63, 3.8) is 0 Å². The Bertz CT molecular complexity index is 581. The van der Waals surface area contributed by atoms with Gasteiger partial charge in [0.1, 0.15) is 5.82 Å². The zero-order chi connectivity index (χ0) is 13.1. The molecule has 0 saturated heterocycles. The number of hydrogen-bond acceptors (Lipinski definition) is 2. The van der Waals surface area contributed by atoms with Crippen LogP contribution in [0.25, 0.3) is 0 Å². The first kappa shape index (κ1) is 13.0. The van der Waals surface area contributed by atoms with Gasteiger partial charge in [0.25, 0.3) is 0 Å². The summed E-state index contributed by atoms with van der Waals surface area (Å²) in [7, 11) is 0. The number of halogens is 2. The maximum absolute atomic E-state index is 12.8. The van der Waals surface area contributed by atoms with E-state index in [1.807, 2.05) is 6.07 Å². The molecular formula is C14H11FINO. The topological polar surface area (TPSA) is 43.1 Å². The number of Topliss-reactive ketones (excluding diaryl/α,β-unsaturated/α-hetero) is 1. The van der Waals surface area contributed by atoms with Gasteiger partial charge in [-0.25, -0.2) is 4.39 Å². The number of hydrogen-bond donors (Lipinski definition) is 1. The summed E-state index contributed by atoms with van der Waals surface area (Å²) in [4.78, 5) is 12.1. The van der Waals surface area contributed by atoms with Crippen molar-refractivity contribution in [3.05, 3.63) is 63.0 Å². The summed E-state index contributed by atoms with van der Waals surface area (Å²) in [6.07, 6.45) is 0.250. The van der Waals surface area contributed by atoms with E-state index >= 15 is 0 Å². The van der Waals surface area contributed by atoms with Gasteiger partial charge in [0.15, 0.2) is 5.78 Å². The SMILES string of the molecule is Nc1ccc(I)c(C(=O)Cc2ccc(F)cc2)c1. The Kier molecular flexibility index (Phi) is 3.96. The minimum Gasteiger partial charge on any atom is -0.399 e. The highest BCUT2D eigenvalue weighted by Gasteiger charge is 2.11. The first-order valence-electron chi connectivity index (χ1n) is 5.39. The highest BCUT2D eigenvalue weighted by atomic mass is 127. The van der Waals surface area contributed by atoms with Crippen molar-refractivity contribution in [2.24, 2.45) is 0 Å². The predicted octanol–water partition coefficient (Wildman–Crippen LogP) is 3.44. The van der Waals surface area contributed by atoms with Gasteiger partial charge < -0.3 is 5.73 Å². The molecule has 0 saturated carbocycles. The molecule has 0 fully saturated rings. The third-order valence-corrected chi connectivity index (χ3v) is 3.51. The first-order valence-corrected chi connectivity index (χ1v) is 6.47. The number of benzene rings is 2. The lowest BCUT2D eigenvalue weighted by Crippen LogP contribution is -2.06. The van der Waals surface area contributed by atoms with Crippen molar-refractivity contribution in [1.82, 2.24) is 0 Å². The van der Waals surface area contributed by atoms with E-state index in [-0.39, 0.29) is 18.0 Å². The Morgan fingerprint density at radius 3 is 2.50 bits per heavy atom. The van der Waals surface area contributed by atoms with E-state index in [1.165, 1.54) is 12.1 Å². The molecule has 0 aliphatic carbocycles. The minimum absolute atomic E-state index is 0.0155. The van der Waals surface area contributed by atoms with Gasteiger partial charge in [-0.3, -0.25) is 4.79 Å². The molecule has 92 valence electrons. The quantitative estimate of drug-likeness (QED) is 0.521. The van der Waals surface area contributed by atoms with Crippen LogP contribution in [0.3, 0.4) is 0 Å². The first-order chi connectivity index (χ1) is 8.56. The van der Waals surface area contributed by atoms with E-state index in [0.717, 1.165) is 9.13 Å². The summed E-state index contributed by atoms with van der Waals surface area (Å²) in [5, 5.41) is 0. The fourth-order valence-electron chi connectivity index (χ4n) is 1.64. The van der Waals surface area contributed by atoms with Crippen molar-refractivity contribution < 1.29 is 9.18 Å². The summed E-state index contributed by atoms with van der Waals surface area (Å²) < 4.78 is 13.6. The molecule has 0 aromatic heterocycles. The van der Waals surface area contributed by atoms with E-state index in [4.69, 9.17) is 5.73 Å². The molecule has 0 amide bonds. The standard InChI is InChI=1S/C14H11FINO/c15-10-3-1-9(2-4-10)7-14(18)12-8-11(17)5-6-13(12)16/h1-6,8H,7,17H2. The molecule has 0 unspecified atom stereocenters. The molecule has 2 aromatic rings. The molecule has 0 spiro atoms. The van der Waals surface area contributed by atoms with Crippen LogP contribution in [-0.2, 0) is 6.42 Å². The number of carbonyl (C=O) groups is 1. The van der Waals surface area contributed by atoms with Crippen molar-refractivity contribution in [1.29, 1.82) is 0 Å². The van der Waals surface area contributed by atoms with E-state index in [0.29, 0.717) is 11.3 Å². The molecule has 0 atom stereocenters. The van der Waals surface area contributed by atoms with E-state index in [1.54, 1.807) is 24.3 Å². The molecule has 0 heterocycles. The molecule has 18 heavy (non-hydrogen) atoms. The monoisotopic (exact) mass is 355 g/mol. The number of ketones is 1. The predicted molar refractivity (Wildman–Crippen MR) is 78.0 cm³/mol. The molecular weight excluding hydrogens is 344 g/mol. The van der Waals surface area contributed by atoms with Crippen LogP contribution in [0.4, 0.5) is 10.1 Å². The second-order valence-electron chi connectivity index (χ2n) is 3.97. The van der Waals surface area contributed by atoms with Crippen molar-refractivity contribution >= 4 is 34.1 Å². The molecule has 2 nitrogen and oxygen atoms in total. The summed E-state index contributed by atoms with van der Waals surface area (Å²) >= 11 is 2.10. The lowest BCUT2D eigenvalue weighted by atomic mass is 10.0. The minimum atomic E-state index is -0.301. The van der Waals surface area contributed by atoms with Gasteiger partial charge >= 0.3 is 0 Å². The Labute approximate surface area is 118 Å². The van der Waals surface area contributed by atoms with Crippen LogP contribution < -0.4 is 5.73 Å². The van der Waals surface area contributed by atoms with Crippen LogP contribution in [0.1, 0.15) is 15.9 Å². The Hall–Kier alpha value is -1.43. The fourth-order valence-corrected chi connectivity index (χ4v) is 2.28. The Morgan fingerprint density at radius 2 is 1.83 bits per heavy atom. The molecule has 0 aliphatic rings. The Morgan fingerprint density at radius 1 is 1.17 bits per heavy atom. The number of rotatable bonds is 3. The zero-order valence-corrected chi connectivity index (χ0v) is 11.6. The average Bonchev–Trinajstić information content (AvgIpc) is 2.35. The van der Waals surface area contributed by atoms with Crippen LogP contribution >= 0.6 is 22.6 Å². The van der Waals surface area contributed by atoms with Gasteiger partial charge in [-0.15, -0.1) is 0 Å². The summed E-state index contributed by atoms with van der Waals surface area (Å²) in [5.74, 6) is -0.317. The van der Waals surface area contributed by atoms with E-state index < -0.39 is 0 Å². The summed E-state index contributed by atoms with van der Waals surface area (Å²) in [5.41, 5.74) is 7.64. The summed E-state index contributed by atoms with van der Waals surface area (Å²) in [6.45, 7) is 0. The number of carbonyl (C=O) groups excluding carboxylic acids is 1. The Balaban J connectivity index is 2.21. The normalized spacial score (nSPS) is 10.3. The third kappa shape index (κ3) is 3.07. The van der Waals surface area contributed by atoms with Gasteiger partial charge in [0.2, 0.25) is 0 Å². The van der Waals surface area contributed by atoms with Gasteiger partial charge in [-0.2, -0.15) is 0 Å². The molecule has 2 N–H and O–H groups in total. The lowest BCUT2D eigenvalue weighted by molar-refractivity contribution is 0.0992. The molecule has 0 aliphatic heterocycles. The van der Waals surface area contributed by atoms with Crippen molar-refractivity contribution in [2.75, 3.05) is 5.73 Å². The zero-order valence-electron chi connectivity index (χ0n) is 9.49. The molecule has 2 rings (SSSR count). The smallest absolute Gasteiger partial charge is 0.168 e. The van der Waals surface area contributed by atoms with Gasteiger partial charge in [-0.1, -0.05) is 12.1 Å². The van der Waals surface area contributed by atoms with Gasteiger partial charge in [-0.05, 0) is 58.5 Å². The van der Waals surface area contributed by atoms with E-state index in [9.17, 15) is 9.18 Å². The van der Waals surface area contributed by atoms with Crippen LogP contribution in [0.15, 0.2) is 42.5 Å².